The largest absolute Gasteiger partial charge is 0.481 e. The summed E-state index contributed by atoms with van der Waals surface area (Å²) < 4.78 is 9.73. The van der Waals surface area contributed by atoms with E-state index in [4.69, 9.17) is 9.84 Å². The van der Waals surface area contributed by atoms with Crippen LogP contribution >= 0.6 is 0 Å². The molecule has 0 spiro atoms. The molecule has 21 heavy (non-hydrogen) atoms. The normalized spacial score (nSPS) is 21.3. The second kappa shape index (κ2) is 7.23. The molecule has 9 heteroatoms. The van der Waals surface area contributed by atoms with Crippen molar-refractivity contribution in [3.63, 3.8) is 0 Å². The van der Waals surface area contributed by atoms with Gasteiger partial charge in [0.2, 0.25) is 0 Å². The van der Waals surface area contributed by atoms with Gasteiger partial charge < -0.3 is 29.9 Å². The summed E-state index contributed by atoms with van der Waals surface area (Å²) in [7, 11) is 1.21. The van der Waals surface area contributed by atoms with Crippen molar-refractivity contribution in [2.45, 2.75) is 25.0 Å². The molecule has 2 amide bonds. The van der Waals surface area contributed by atoms with E-state index in [9.17, 15) is 19.5 Å². The molecule has 2 unspecified atom stereocenters. The summed E-state index contributed by atoms with van der Waals surface area (Å²) in [5.74, 6) is -1.77. The summed E-state index contributed by atoms with van der Waals surface area (Å²) in [4.78, 5) is 35.5. The minimum Gasteiger partial charge on any atom is -0.481 e. The first-order valence-corrected chi connectivity index (χ1v) is 6.41. The molecular weight excluding hydrogens is 284 g/mol. The standard InChI is InChI=1S/C12H20N2O7/c1-12(19,5-9(15)16)7-13-11(18)14-3-4-21-6-8(14)10(17)20-2/h8,19H,3-7H2,1-2H3,(H,13,18)(H,15,16). The van der Waals surface area contributed by atoms with Crippen molar-refractivity contribution in [1.29, 1.82) is 0 Å². The van der Waals surface area contributed by atoms with Crippen LogP contribution < -0.4 is 5.32 Å². The number of ether oxygens (including phenoxy) is 2. The molecule has 2 atom stereocenters. The van der Waals surface area contributed by atoms with Crippen molar-refractivity contribution < 1.29 is 34.1 Å². The second-order valence-electron chi connectivity index (χ2n) is 5.03. The highest BCUT2D eigenvalue weighted by Gasteiger charge is 2.34. The maximum absolute atomic E-state index is 12.1. The van der Waals surface area contributed by atoms with Gasteiger partial charge in [-0.25, -0.2) is 9.59 Å². The number of nitrogens with one attached hydrogen (secondary N) is 1. The molecule has 0 aromatic heterocycles. The number of carbonyl (C=O) groups is 3. The van der Waals surface area contributed by atoms with Crippen LogP contribution in [0.1, 0.15) is 13.3 Å². The zero-order chi connectivity index (χ0) is 16.0. The summed E-state index contributed by atoms with van der Waals surface area (Å²) in [6.45, 7) is 1.58. The predicted molar refractivity (Wildman–Crippen MR) is 69.6 cm³/mol. The van der Waals surface area contributed by atoms with Gasteiger partial charge in [-0.15, -0.1) is 0 Å². The van der Waals surface area contributed by atoms with Crippen LogP contribution in [-0.4, -0.2) is 78.1 Å². The number of carbonyl (C=O) groups excluding carboxylic acids is 2. The van der Waals surface area contributed by atoms with Gasteiger partial charge in [-0.05, 0) is 6.92 Å². The summed E-state index contributed by atoms with van der Waals surface area (Å²) in [6, 6.07) is -1.44. The van der Waals surface area contributed by atoms with Crippen molar-refractivity contribution in [3.8, 4) is 0 Å². The monoisotopic (exact) mass is 304 g/mol. The van der Waals surface area contributed by atoms with E-state index in [2.05, 4.69) is 10.1 Å². The molecule has 1 aliphatic rings. The van der Waals surface area contributed by atoms with Gasteiger partial charge in [0.05, 0.1) is 32.3 Å². The summed E-state index contributed by atoms with van der Waals surface area (Å²) in [5, 5.41) is 20.9. The Kier molecular flexibility index (Phi) is 5.91. The molecule has 1 saturated heterocycles. The molecule has 9 nitrogen and oxygen atoms in total. The van der Waals surface area contributed by atoms with Crippen LogP contribution in [0.5, 0.6) is 0 Å². The zero-order valence-corrected chi connectivity index (χ0v) is 12.0. The Morgan fingerprint density at radius 1 is 1.48 bits per heavy atom. The molecular formula is C12H20N2O7. The Morgan fingerprint density at radius 2 is 2.14 bits per heavy atom. The van der Waals surface area contributed by atoms with Crippen LogP contribution in [0.15, 0.2) is 0 Å². The van der Waals surface area contributed by atoms with Crippen molar-refractivity contribution >= 4 is 18.0 Å². The van der Waals surface area contributed by atoms with Crippen molar-refractivity contribution in [3.05, 3.63) is 0 Å². The van der Waals surface area contributed by atoms with Gasteiger partial charge in [-0.2, -0.15) is 0 Å². The van der Waals surface area contributed by atoms with Gasteiger partial charge >= 0.3 is 18.0 Å². The van der Waals surface area contributed by atoms with Gasteiger partial charge in [-0.1, -0.05) is 0 Å². The highest BCUT2D eigenvalue weighted by molar-refractivity contribution is 5.84. The van der Waals surface area contributed by atoms with E-state index in [1.165, 1.54) is 18.9 Å². The zero-order valence-electron chi connectivity index (χ0n) is 12.0. The highest BCUT2D eigenvalue weighted by Crippen LogP contribution is 2.11. The number of carboxylic acids is 1. The number of nitrogens with zero attached hydrogens (tertiary/aromatic N) is 1. The summed E-state index contributed by atoms with van der Waals surface area (Å²) in [5.41, 5.74) is -1.57. The lowest BCUT2D eigenvalue weighted by Gasteiger charge is -2.34. The molecule has 1 aliphatic heterocycles. The molecule has 1 rings (SSSR count). The van der Waals surface area contributed by atoms with Crippen LogP contribution in [0.25, 0.3) is 0 Å². The first kappa shape index (κ1) is 17.2. The van der Waals surface area contributed by atoms with Gasteiger partial charge in [0.1, 0.15) is 0 Å². The molecule has 3 N–H and O–H groups in total. The number of amides is 2. The fourth-order valence-corrected chi connectivity index (χ4v) is 1.93. The third-order valence-electron chi connectivity index (χ3n) is 3.02. The maximum Gasteiger partial charge on any atom is 0.331 e. The number of carboxylic acid groups (broad SMARTS) is 1. The number of rotatable bonds is 5. The fourth-order valence-electron chi connectivity index (χ4n) is 1.93. The van der Waals surface area contributed by atoms with E-state index in [0.29, 0.717) is 0 Å². The number of aliphatic hydroxyl groups is 1. The van der Waals surface area contributed by atoms with Crippen LogP contribution in [0.3, 0.4) is 0 Å². The minimum absolute atomic E-state index is 0.0333. The van der Waals surface area contributed by atoms with E-state index < -0.39 is 36.0 Å². The number of urea groups is 1. The Hall–Kier alpha value is -1.87. The third kappa shape index (κ3) is 5.20. The summed E-state index contributed by atoms with van der Waals surface area (Å²) >= 11 is 0. The van der Waals surface area contributed by atoms with Gasteiger partial charge in [0.25, 0.3) is 0 Å². The van der Waals surface area contributed by atoms with E-state index in [0.717, 1.165) is 0 Å². The van der Waals surface area contributed by atoms with E-state index in [1.807, 2.05) is 0 Å². The lowest BCUT2D eigenvalue weighted by molar-refractivity contribution is -0.151. The fraction of sp³-hybridized carbons (Fsp3) is 0.750. The van der Waals surface area contributed by atoms with Crippen LogP contribution in [0.4, 0.5) is 4.79 Å². The molecule has 0 bridgehead atoms. The molecule has 1 fully saturated rings. The number of hydrogen-bond donors (Lipinski definition) is 3. The average Bonchev–Trinajstić information content (AvgIpc) is 2.42. The molecule has 1 heterocycles. The first-order chi connectivity index (χ1) is 9.76. The lowest BCUT2D eigenvalue weighted by Crippen LogP contribution is -2.57. The Balaban J connectivity index is 2.60. The Labute approximate surface area is 121 Å². The van der Waals surface area contributed by atoms with Gasteiger partial charge in [0, 0.05) is 13.1 Å². The van der Waals surface area contributed by atoms with Gasteiger partial charge in [-0.3, -0.25) is 4.79 Å². The van der Waals surface area contributed by atoms with Crippen LogP contribution in [0.2, 0.25) is 0 Å². The number of esters is 1. The van der Waals surface area contributed by atoms with Gasteiger partial charge in [0.15, 0.2) is 6.04 Å². The molecule has 0 aliphatic carbocycles. The predicted octanol–water partition coefficient (Wildman–Crippen LogP) is -1.20. The maximum atomic E-state index is 12.1. The summed E-state index contributed by atoms with van der Waals surface area (Å²) in [6.07, 6.45) is -0.503. The Morgan fingerprint density at radius 3 is 2.71 bits per heavy atom. The van der Waals surface area contributed by atoms with Crippen molar-refractivity contribution in [1.82, 2.24) is 10.2 Å². The Bertz CT molecular complexity index is 410. The lowest BCUT2D eigenvalue weighted by atomic mass is 10.0. The van der Waals surface area contributed by atoms with Crippen molar-refractivity contribution in [2.24, 2.45) is 0 Å². The van der Waals surface area contributed by atoms with E-state index in [-0.39, 0.29) is 26.3 Å². The molecule has 0 aromatic carbocycles. The average molecular weight is 304 g/mol. The number of hydrogen-bond acceptors (Lipinski definition) is 6. The second-order valence-corrected chi connectivity index (χ2v) is 5.03. The van der Waals surface area contributed by atoms with Crippen molar-refractivity contribution in [2.75, 3.05) is 33.4 Å². The van der Waals surface area contributed by atoms with Crippen LogP contribution in [0, 0.1) is 0 Å². The minimum atomic E-state index is -1.57. The molecule has 0 radical (unpaired) electrons. The highest BCUT2D eigenvalue weighted by atomic mass is 16.5. The molecule has 0 aromatic rings. The number of methoxy groups -OCH3 is 1. The molecule has 120 valence electrons. The SMILES string of the molecule is COC(=O)C1COCCN1C(=O)NCC(C)(O)CC(=O)O. The smallest absolute Gasteiger partial charge is 0.331 e. The molecule has 0 saturated carbocycles. The quantitative estimate of drug-likeness (QED) is 0.544. The third-order valence-corrected chi connectivity index (χ3v) is 3.02. The van der Waals surface area contributed by atoms with Crippen LogP contribution in [-0.2, 0) is 19.1 Å². The number of morpholine rings is 1. The topological polar surface area (TPSA) is 125 Å². The van der Waals surface area contributed by atoms with E-state index >= 15 is 0 Å². The number of aliphatic carboxylic acids is 1. The first-order valence-electron chi connectivity index (χ1n) is 6.41. The van der Waals surface area contributed by atoms with E-state index in [1.54, 1.807) is 0 Å².